The topological polar surface area (TPSA) is 50.4 Å². The van der Waals surface area contributed by atoms with Crippen LogP contribution in [0.2, 0.25) is 0 Å². The zero-order valence-corrected chi connectivity index (χ0v) is 11.0. The van der Waals surface area contributed by atoms with Gasteiger partial charge in [0.1, 0.15) is 5.75 Å². The molecule has 1 atom stereocenters. The molecule has 18 heavy (non-hydrogen) atoms. The van der Waals surface area contributed by atoms with Crippen molar-refractivity contribution in [3.63, 3.8) is 0 Å². The van der Waals surface area contributed by atoms with Crippen LogP contribution in [0.15, 0.2) is 18.2 Å². The van der Waals surface area contributed by atoms with Crippen LogP contribution in [0.25, 0.3) is 0 Å². The van der Waals surface area contributed by atoms with Crippen LogP contribution in [0.5, 0.6) is 5.75 Å². The lowest BCUT2D eigenvalue weighted by Gasteiger charge is -2.14. The Hall–Kier alpha value is -1.55. The minimum atomic E-state index is -0.0454. The molecule has 1 fully saturated rings. The van der Waals surface area contributed by atoms with Gasteiger partial charge in [-0.2, -0.15) is 0 Å². The first kappa shape index (κ1) is 12.9. The van der Waals surface area contributed by atoms with Crippen molar-refractivity contribution >= 4 is 11.6 Å². The monoisotopic (exact) mass is 248 g/mol. The summed E-state index contributed by atoms with van der Waals surface area (Å²) in [6.07, 6.45) is 1.99. The molecule has 4 heteroatoms. The fraction of sp³-hybridized carbons (Fsp3) is 0.500. The Morgan fingerprint density at radius 3 is 3.00 bits per heavy atom. The van der Waals surface area contributed by atoms with Gasteiger partial charge in [0.05, 0.1) is 12.6 Å². The summed E-state index contributed by atoms with van der Waals surface area (Å²) in [5, 5.41) is 6.16. The van der Waals surface area contributed by atoms with Crippen molar-refractivity contribution < 1.29 is 9.53 Å². The first-order chi connectivity index (χ1) is 8.70. The van der Waals surface area contributed by atoms with Gasteiger partial charge < -0.3 is 15.4 Å². The molecule has 0 saturated carbocycles. The molecule has 0 aliphatic carbocycles. The van der Waals surface area contributed by atoms with Crippen LogP contribution in [0.1, 0.15) is 25.3 Å². The molecular weight excluding hydrogens is 228 g/mol. The van der Waals surface area contributed by atoms with Gasteiger partial charge in [0.15, 0.2) is 0 Å². The molecule has 1 aliphatic rings. The summed E-state index contributed by atoms with van der Waals surface area (Å²) in [5.74, 6) is 0.895. The zero-order valence-electron chi connectivity index (χ0n) is 11.0. The highest BCUT2D eigenvalue weighted by Gasteiger charge is 2.22. The lowest BCUT2D eigenvalue weighted by atomic mass is 10.1. The average molecular weight is 248 g/mol. The SMILES string of the molecule is CCOc1ccc(NC(=O)C2CCCN2)c(C)c1. The first-order valence-electron chi connectivity index (χ1n) is 6.48. The van der Waals surface area contributed by atoms with Gasteiger partial charge in [0.25, 0.3) is 0 Å². The number of amides is 1. The maximum atomic E-state index is 12.0. The van der Waals surface area contributed by atoms with Gasteiger partial charge in [-0.25, -0.2) is 0 Å². The van der Waals surface area contributed by atoms with Crippen molar-refractivity contribution in [2.75, 3.05) is 18.5 Å². The molecule has 4 nitrogen and oxygen atoms in total. The molecule has 1 amide bonds. The maximum absolute atomic E-state index is 12.0. The van der Waals surface area contributed by atoms with Crippen LogP contribution in [0.3, 0.4) is 0 Å². The van der Waals surface area contributed by atoms with Crippen LogP contribution < -0.4 is 15.4 Å². The van der Waals surface area contributed by atoms with Gasteiger partial charge in [-0.05, 0) is 57.0 Å². The standard InChI is InChI=1S/C14H20N2O2/c1-3-18-11-6-7-12(10(2)9-11)16-14(17)13-5-4-8-15-13/h6-7,9,13,15H,3-5,8H2,1-2H3,(H,16,17). The molecule has 0 aromatic heterocycles. The number of nitrogens with one attached hydrogen (secondary N) is 2. The first-order valence-corrected chi connectivity index (χ1v) is 6.48. The van der Waals surface area contributed by atoms with Crippen LogP contribution in [-0.4, -0.2) is 25.1 Å². The molecule has 1 aromatic carbocycles. The van der Waals surface area contributed by atoms with E-state index >= 15 is 0 Å². The number of benzene rings is 1. The fourth-order valence-electron chi connectivity index (χ4n) is 2.16. The maximum Gasteiger partial charge on any atom is 0.241 e. The second-order valence-electron chi connectivity index (χ2n) is 4.55. The Morgan fingerprint density at radius 1 is 1.56 bits per heavy atom. The van der Waals surface area contributed by atoms with Crippen molar-refractivity contribution in [3.05, 3.63) is 23.8 Å². The van der Waals surface area contributed by atoms with E-state index in [0.717, 1.165) is 36.4 Å². The van der Waals surface area contributed by atoms with Gasteiger partial charge in [-0.15, -0.1) is 0 Å². The number of hydrogen-bond donors (Lipinski definition) is 2. The highest BCUT2D eigenvalue weighted by Crippen LogP contribution is 2.22. The summed E-state index contributed by atoms with van der Waals surface area (Å²) in [4.78, 5) is 12.0. The molecule has 1 unspecified atom stereocenters. The van der Waals surface area contributed by atoms with Crippen LogP contribution in [0.4, 0.5) is 5.69 Å². The van der Waals surface area contributed by atoms with E-state index in [1.807, 2.05) is 32.0 Å². The third kappa shape index (κ3) is 3.01. The molecule has 2 N–H and O–H groups in total. The van der Waals surface area contributed by atoms with E-state index in [1.54, 1.807) is 0 Å². The number of rotatable bonds is 4. The number of aryl methyl sites for hydroxylation is 1. The highest BCUT2D eigenvalue weighted by molar-refractivity contribution is 5.95. The summed E-state index contributed by atoms with van der Waals surface area (Å²) >= 11 is 0. The Kier molecular flexibility index (Phi) is 4.20. The second kappa shape index (κ2) is 5.87. The molecular formula is C14H20N2O2. The van der Waals surface area contributed by atoms with Crippen molar-refractivity contribution in [2.45, 2.75) is 32.7 Å². The smallest absolute Gasteiger partial charge is 0.241 e. The quantitative estimate of drug-likeness (QED) is 0.857. The van der Waals surface area contributed by atoms with Gasteiger partial charge in [-0.1, -0.05) is 0 Å². The van der Waals surface area contributed by atoms with E-state index in [2.05, 4.69) is 10.6 Å². The van der Waals surface area contributed by atoms with Crippen LogP contribution >= 0.6 is 0 Å². The molecule has 0 bridgehead atoms. The third-order valence-electron chi connectivity index (χ3n) is 3.14. The second-order valence-corrected chi connectivity index (χ2v) is 4.55. The zero-order chi connectivity index (χ0) is 13.0. The number of hydrogen-bond acceptors (Lipinski definition) is 3. The molecule has 98 valence electrons. The summed E-state index contributed by atoms with van der Waals surface area (Å²) in [5.41, 5.74) is 1.88. The number of carbonyl (C=O) groups is 1. The molecule has 1 aliphatic heterocycles. The average Bonchev–Trinajstić information content (AvgIpc) is 2.86. The minimum Gasteiger partial charge on any atom is -0.494 e. The van der Waals surface area contributed by atoms with Gasteiger partial charge in [-0.3, -0.25) is 4.79 Å². The van der Waals surface area contributed by atoms with E-state index in [-0.39, 0.29) is 11.9 Å². The normalized spacial score (nSPS) is 18.7. The highest BCUT2D eigenvalue weighted by atomic mass is 16.5. The Balaban J connectivity index is 2.02. The Labute approximate surface area is 108 Å². The van der Waals surface area contributed by atoms with E-state index < -0.39 is 0 Å². The summed E-state index contributed by atoms with van der Waals surface area (Å²) in [6.45, 7) is 5.51. The van der Waals surface area contributed by atoms with Gasteiger partial charge >= 0.3 is 0 Å². The predicted molar refractivity (Wildman–Crippen MR) is 72.0 cm³/mol. The summed E-state index contributed by atoms with van der Waals surface area (Å²) < 4.78 is 5.42. The lowest BCUT2D eigenvalue weighted by molar-refractivity contribution is -0.117. The van der Waals surface area contributed by atoms with Crippen molar-refractivity contribution in [3.8, 4) is 5.75 Å². The van der Waals surface area contributed by atoms with Gasteiger partial charge in [0.2, 0.25) is 5.91 Å². The van der Waals surface area contributed by atoms with Crippen molar-refractivity contribution in [2.24, 2.45) is 0 Å². The number of ether oxygens (including phenoxy) is 1. The molecule has 1 heterocycles. The van der Waals surface area contributed by atoms with E-state index in [0.29, 0.717) is 6.61 Å². The van der Waals surface area contributed by atoms with E-state index in [1.165, 1.54) is 0 Å². The van der Waals surface area contributed by atoms with Crippen LogP contribution in [-0.2, 0) is 4.79 Å². The van der Waals surface area contributed by atoms with E-state index in [4.69, 9.17) is 4.74 Å². The molecule has 1 saturated heterocycles. The lowest BCUT2D eigenvalue weighted by Crippen LogP contribution is -2.35. The minimum absolute atomic E-state index is 0.0454. The number of anilines is 1. The number of carbonyl (C=O) groups excluding carboxylic acids is 1. The molecule has 2 rings (SSSR count). The third-order valence-corrected chi connectivity index (χ3v) is 3.14. The largest absolute Gasteiger partial charge is 0.494 e. The molecule has 0 spiro atoms. The molecule has 1 aromatic rings. The van der Waals surface area contributed by atoms with Crippen LogP contribution in [0, 0.1) is 6.92 Å². The summed E-state index contributed by atoms with van der Waals surface area (Å²) in [6, 6.07) is 5.68. The van der Waals surface area contributed by atoms with Crippen molar-refractivity contribution in [1.82, 2.24) is 5.32 Å². The summed E-state index contributed by atoms with van der Waals surface area (Å²) in [7, 11) is 0. The Bertz CT molecular complexity index is 426. The Morgan fingerprint density at radius 2 is 2.39 bits per heavy atom. The fourth-order valence-corrected chi connectivity index (χ4v) is 2.16. The molecule has 0 radical (unpaired) electrons. The van der Waals surface area contributed by atoms with E-state index in [9.17, 15) is 4.79 Å². The predicted octanol–water partition coefficient (Wildman–Crippen LogP) is 2.08. The van der Waals surface area contributed by atoms with Gasteiger partial charge in [0, 0.05) is 5.69 Å². The van der Waals surface area contributed by atoms with Crippen molar-refractivity contribution in [1.29, 1.82) is 0 Å².